The highest BCUT2D eigenvalue weighted by atomic mass is 35.5. The zero-order valence-electron chi connectivity index (χ0n) is 10.6. The molecular weight excluding hydrogens is 297 g/mol. The van der Waals surface area contributed by atoms with Crippen LogP contribution in [0.25, 0.3) is 0 Å². The SMILES string of the molecule is Cc1cc(Sc2cc(Cl)ccc2Cl)ccc1CCN. The second-order valence-corrected chi connectivity index (χ2v) is 6.26. The van der Waals surface area contributed by atoms with Gasteiger partial charge >= 0.3 is 0 Å². The molecule has 0 aromatic heterocycles. The molecule has 0 spiro atoms. The van der Waals surface area contributed by atoms with E-state index in [9.17, 15) is 0 Å². The van der Waals surface area contributed by atoms with Gasteiger partial charge in [0.1, 0.15) is 0 Å². The molecule has 0 atom stereocenters. The maximum atomic E-state index is 6.17. The first-order chi connectivity index (χ1) is 9.10. The van der Waals surface area contributed by atoms with E-state index in [1.165, 1.54) is 11.1 Å². The molecule has 2 rings (SSSR count). The third-order valence-electron chi connectivity index (χ3n) is 2.85. The predicted octanol–water partition coefficient (Wildman–Crippen LogP) is 4.95. The normalized spacial score (nSPS) is 10.7. The van der Waals surface area contributed by atoms with Gasteiger partial charge in [-0.3, -0.25) is 0 Å². The summed E-state index contributed by atoms with van der Waals surface area (Å²) in [4.78, 5) is 2.13. The van der Waals surface area contributed by atoms with Crippen LogP contribution in [-0.4, -0.2) is 6.54 Å². The van der Waals surface area contributed by atoms with Gasteiger partial charge in [0, 0.05) is 14.8 Å². The third-order valence-corrected chi connectivity index (χ3v) is 4.57. The lowest BCUT2D eigenvalue weighted by atomic mass is 10.1. The van der Waals surface area contributed by atoms with Crippen molar-refractivity contribution >= 4 is 35.0 Å². The van der Waals surface area contributed by atoms with Crippen LogP contribution in [0.1, 0.15) is 11.1 Å². The lowest BCUT2D eigenvalue weighted by Crippen LogP contribution is -2.03. The highest BCUT2D eigenvalue weighted by Crippen LogP contribution is 2.35. The van der Waals surface area contributed by atoms with Crippen LogP contribution in [0.5, 0.6) is 0 Å². The molecule has 0 unspecified atom stereocenters. The molecule has 0 aliphatic carbocycles. The Bertz CT molecular complexity index is 584. The Hall–Kier alpha value is -0.670. The molecule has 0 radical (unpaired) electrons. The van der Waals surface area contributed by atoms with Gasteiger partial charge in [0.05, 0.1) is 5.02 Å². The van der Waals surface area contributed by atoms with Gasteiger partial charge in [0.2, 0.25) is 0 Å². The van der Waals surface area contributed by atoms with Crippen LogP contribution in [0, 0.1) is 6.92 Å². The summed E-state index contributed by atoms with van der Waals surface area (Å²) in [5.41, 5.74) is 8.14. The number of hydrogen-bond donors (Lipinski definition) is 1. The van der Waals surface area contributed by atoms with Gasteiger partial charge in [-0.05, 0) is 61.3 Å². The molecule has 19 heavy (non-hydrogen) atoms. The predicted molar refractivity (Wildman–Crippen MR) is 84.5 cm³/mol. The number of aryl methyl sites for hydroxylation is 1. The molecule has 0 fully saturated rings. The number of hydrogen-bond acceptors (Lipinski definition) is 2. The van der Waals surface area contributed by atoms with Gasteiger partial charge in [-0.2, -0.15) is 0 Å². The van der Waals surface area contributed by atoms with E-state index in [2.05, 4.69) is 25.1 Å². The van der Waals surface area contributed by atoms with Crippen LogP contribution >= 0.6 is 35.0 Å². The largest absolute Gasteiger partial charge is 0.330 e. The van der Waals surface area contributed by atoms with Crippen LogP contribution in [0.2, 0.25) is 10.0 Å². The second-order valence-electron chi connectivity index (χ2n) is 4.30. The average Bonchev–Trinajstić information content (AvgIpc) is 2.37. The molecule has 0 saturated heterocycles. The number of benzene rings is 2. The summed E-state index contributed by atoms with van der Waals surface area (Å²) in [7, 11) is 0. The Balaban J connectivity index is 2.24. The minimum atomic E-state index is 0.674. The molecular formula is C15H15Cl2NS. The fraction of sp³-hybridized carbons (Fsp3) is 0.200. The van der Waals surface area contributed by atoms with Crippen molar-refractivity contribution < 1.29 is 0 Å². The molecule has 4 heteroatoms. The summed E-state index contributed by atoms with van der Waals surface area (Å²) in [6.07, 6.45) is 0.911. The molecule has 0 aliphatic heterocycles. The summed E-state index contributed by atoms with van der Waals surface area (Å²) in [5, 5.41) is 1.42. The summed E-state index contributed by atoms with van der Waals surface area (Å²) < 4.78 is 0. The van der Waals surface area contributed by atoms with E-state index in [1.807, 2.05) is 12.1 Å². The molecule has 0 amide bonds. The van der Waals surface area contributed by atoms with Crippen molar-refractivity contribution in [3.8, 4) is 0 Å². The van der Waals surface area contributed by atoms with Gasteiger partial charge in [0.25, 0.3) is 0 Å². The van der Waals surface area contributed by atoms with E-state index in [0.29, 0.717) is 11.6 Å². The van der Waals surface area contributed by atoms with Gasteiger partial charge in [-0.1, -0.05) is 41.0 Å². The van der Waals surface area contributed by atoms with Crippen LogP contribution in [0.3, 0.4) is 0 Å². The standard InChI is InChI=1S/C15H15Cl2NS/c1-10-8-13(4-2-11(10)6-7-18)19-15-9-12(16)3-5-14(15)17/h2-5,8-9H,6-7,18H2,1H3. The summed E-state index contributed by atoms with van der Waals surface area (Å²) in [5.74, 6) is 0. The van der Waals surface area contributed by atoms with Crippen LogP contribution in [-0.2, 0) is 6.42 Å². The van der Waals surface area contributed by atoms with Crippen LogP contribution < -0.4 is 5.73 Å². The maximum Gasteiger partial charge on any atom is 0.0546 e. The Morgan fingerprint density at radius 3 is 2.58 bits per heavy atom. The molecule has 100 valence electrons. The fourth-order valence-electron chi connectivity index (χ4n) is 1.85. The molecule has 2 N–H and O–H groups in total. The fourth-order valence-corrected chi connectivity index (χ4v) is 3.30. The number of halogens is 2. The van der Waals surface area contributed by atoms with Crippen molar-refractivity contribution in [3.63, 3.8) is 0 Å². The Kier molecular flexibility index (Phi) is 5.17. The zero-order valence-corrected chi connectivity index (χ0v) is 12.9. The minimum absolute atomic E-state index is 0.674. The summed E-state index contributed by atoms with van der Waals surface area (Å²) in [6.45, 7) is 2.78. The van der Waals surface area contributed by atoms with E-state index in [4.69, 9.17) is 28.9 Å². The molecule has 0 saturated carbocycles. The quantitative estimate of drug-likeness (QED) is 0.864. The molecule has 0 heterocycles. The lowest BCUT2D eigenvalue weighted by Gasteiger charge is -2.09. The molecule has 0 bridgehead atoms. The van der Waals surface area contributed by atoms with Gasteiger partial charge < -0.3 is 5.73 Å². The van der Waals surface area contributed by atoms with E-state index in [0.717, 1.165) is 21.2 Å². The topological polar surface area (TPSA) is 26.0 Å². The number of rotatable bonds is 4. The highest BCUT2D eigenvalue weighted by Gasteiger charge is 2.05. The Morgan fingerprint density at radius 1 is 1.11 bits per heavy atom. The Morgan fingerprint density at radius 2 is 1.89 bits per heavy atom. The average molecular weight is 312 g/mol. The van der Waals surface area contributed by atoms with Crippen LogP contribution in [0.15, 0.2) is 46.2 Å². The maximum absolute atomic E-state index is 6.17. The first-order valence-corrected chi connectivity index (χ1v) is 7.60. The summed E-state index contributed by atoms with van der Waals surface area (Å²) >= 11 is 13.8. The van der Waals surface area contributed by atoms with E-state index < -0.39 is 0 Å². The van der Waals surface area contributed by atoms with Gasteiger partial charge in [-0.15, -0.1) is 0 Å². The van der Waals surface area contributed by atoms with Crippen LogP contribution in [0.4, 0.5) is 0 Å². The van der Waals surface area contributed by atoms with Crippen molar-refractivity contribution in [2.24, 2.45) is 5.73 Å². The van der Waals surface area contributed by atoms with Crippen molar-refractivity contribution in [2.45, 2.75) is 23.1 Å². The highest BCUT2D eigenvalue weighted by molar-refractivity contribution is 7.99. The lowest BCUT2D eigenvalue weighted by molar-refractivity contribution is 0.954. The Labute approximate surface area is 128 Å². The number of nitrogens with two attached hydrogens (primary N) is 1. The van der Waals surface area contributed by atoms with Gasteiger partial charge in [0.15, 0.2) is 0 Å². The third kappa shape index (κ3) is 3.90. The first-order valence-electron chi connectivity index (χ1n) is 6.02. The van der Waals surface area contributed by atoms with Gasteiger partial charge in [-0.25, -0.2) is 0 Å². The molecule has 2 aromatic carbocycles. The summed E-state index contributed by atoms with van der Waals surface area (Å²) in [6, 6.07) is 11.9. The zero-order chi connectivity index (χ0) is 13.8. The minimum Gasteiger partial charge on any atom is -0.330 e. The molecule has 0 aliphatic rings. The molecule has 2 aromatic rings. The van der Waals surface area contributed by atoms with E-state index in [1.54, 1.807) is 17.8 Å². The van der Waals surface area contributed by atoms with Crippen molar-refractivity contribution in [1.29, 1.82) is 0 Å². The smallest absolute Gasteiger partial charge is 0.0546 e. The monoisotopic (exact) mass is 311 g/mol. The van der Waals surface area contributed by atoms with E-state index >= 15 is 0 Å². The van der Waals surface area contributed by atoms with Crippen molar-refractivity contribution in [3.05, 3.63) is 57.6 Å². The van der Waals surface area contributed by atoms with Crippen molar-refractivity contribution in [1.82, 2.24) is 0 Å². The second kappa shape index (κ2) is 6.67. The van der Waals surface area contributed by atoms with Crippen molar-refractivity contribution in [2.75, 3.05) is 6.54 Å². The van der Waals surface area contributed by atoms with E-state index in [-0.39, 0.29) is 0 Å². The molecule has 1 nitrogen and oxygen atoms in total. The first kappa shape index (κ1) is 14.7.